The molecule has 0 aliphatic carbocycles. The molecule has 0 aliphatic heterocycles. The van der Waals surface area contributed by atoms with Crippen molar-refractivity contribution in [3.8, 4) is 22.1 Å². The van der Waals surface area contributed by atoms with Gasteiger partial charge in [0.05, 0.1) is 23.9 Å². The van der Waals surface area contributed by atoms with Crippen LogP contribution in [-0.2, 0) is 6.42 Å². The van der Waals surface area contributed by atoms with Gasteiger partial charge in [-0.3, -0.25) is 4.79 Å². The highest BCUT2D eigenvalue weighted by molar-refractivity contribution is 9.10. The molecular weight excluding hydrogens is 482 g/mol. The van der Waals surface area contributed by atoms with Gasteiger partial charge >= 0.3 is 0 Å². The molecule has 0 unspecified atom stereocenters. The Kier molecular flexibility index (Phi) is 6.19. The van der Waals surface area contributed by atoms with Crippen molar-refractivity contribution < 1.29 is 14.3 Å². The predicted octanol–water partition coefficient (Wildman–Crippen LogP) is 4.84. The molecule has 0 spiro atoms. The number of hydrogen-bond acceptors (Lipinski definition) is 7. The Morgan fingerprint density at radius 3 is 2.68 bits per heavy atom. The van der Waals surface area contributed by atoms with Crippen LogP contribution in [0.2, 0.25) is 0 Å². The number of carbonyl (C=O) groups excluding carboxylic acids is 1. The average molecular weight is 502 g/mol. The number of nitrogens with one attached hydrogen (secondary N) is 1. The summed E-state index contributed by atoms with van der Waals surface area (Å²) >= 11 is 4.88. The fourth-order valence-electron chi connectivity index (χ4n) is 3.04. The summed E-state index contributed by atoms with van der Waals surface area (Å²) in [6, 6.07) is 10.8. The summed E-state index contributed by atoms with van der Waals surface area (Å²) in [5.74, 6) is 1.79. The van der Waals surface area contributed by atoms with Crippen molar-refractivity contribution in [3.63, 3.8) is 0 Å². The highest BCUT2D eigenvalue weighted by Crippen LogP contribution is 2.33. The van der Waals surface area contributed by atoms with E-state index in [9.17, 15) is 4.79 Å². The van der Waals surface area contributed by atoms with Crippen LogP contribution in [0.1, 0.15) is 30.0 Å². The number of amides is 1. The Balaban J connectivity index is 1.63. The van der Waals surface area contributed by atoms with Gasteiger partial charge in [-0.2, -0.15) is 9.61 Å². The lowest BCUT2D eigenvalue weighted by Gasteiger charge is -2.12. The maximum Gasteiger partial charge on any atom is 0.255 e. The average Bonchev–Trinajstić information content (AvgIpc) is 3.36. The highest BCUT2D eigenvalue weighted by Gasteiger charge is 2.16. The molecule has 160 valence electrons. The van der Waals surface area contributed by atoms with E-state index in [0.29, 0.717) is 33.8 Å². The standard InChI is InChI=1S/C21H20BrN5O3S/c1-4-18-24-25-21-27(18)26-20(31-21)13-7-9-17(29-3)15(11-13)23-19(28)12-6-8-16(30-5-2)14(22)10-12/h6-11H,4-5H2,1-3H3,(H,23,28). The lowest BCUT2D eigenvalue weighted by Crippen LogP contribution is -2.13. The van der Waals surface area contributed by atoms with Crippen molar-refractivity contribution in [2.75, 3.05) is 19.0 Å². The SMILES string of the molecule is CCOc1ccc(C(=O)Nc2cc(-c3nn4c(CC)nnc4s3)ccc2OC)cc1Br. The van der Waals surface area contributed by atoms with Gasteiger partial charge in [0.15, 0.2) is 5.82 Å². The number of benzene rings is 2. The topological polar surface area (TPSA) is 90.6 Å². The summed E-state index contributed by atoms with van der Waals surface area (Å²) < 4.78 is 13.4. The number of ether oxygens (including phenoxy) is 2. The quantitative estimate of drug-likeness (QED) is 0.389. The van der Waals surface area contributed by atoms with Crippen molar-refractivity contribution in [3.05, 3.63) is 52.3 Å². The van der Waals surface area contributed by atoms with Crippen LogP contribution in [0.5, 0.6) is 11.5 Å². The molecule has 0 fully saturated rings. The number of fused-ring (bicyclic) bond motifs is 1. The fraction of sp³-hybridized carbons (Fsp3) is 0.238. The second-order valence-electron chi connectivity index (χ2n) is 6.52. The Morgan fingerprint density at radius 1 is 1.16 bits per heavy atom. The third-order valence-electron chi connectivity index (χ3n) is 4.56. The Hall–Kier alpha value is -2.98. The van der Waals surface area contributed by atoms with Gasteiger partial charge in [0.2, 0.25) is 4.96 Å². The van der Waals surface area contributed by atoms with E-state index in [1.807, 2.05) is 32.0 Å². The van der Waals surface area contributed by atoms with Gasteiger partial charge < -0.3 is 14.8 Å². The summed E-state index contributed by atoms with van der Waals surface area (Å²) in [7, 11) is 1.56. The lowest BCUT2D eigenvalue weighted by atomic mass is 10.1. The first kappa shape index (κ1) is 21.3. The zero-order valence-electron chi connectivity index (χ0n) is 17.2. The fourth-order valence-corrected chi connectivity index (χ4v) is 4.39. The molecule has 0 atom stereocenters. The van der Waals surface area contributed by atoms with E-state index in [4.69, 9.17) is 9.47 Å². The second kappa shape index (κ2) is 9.03. The van der Waals surface area contributed by atoms with E-state index < -0.39 is 0 Å². The summed E-state index contributed by atoms with van der Waals surface area (Å²) in [5.41, 5.74) is 1.90. The van der Waals surface area contributed by atoms with E-state index in [1.165, 1.54) is 11.3 Å². The van der Waals surface area contributed by atoms with Gasteiger partial charge in [-0.05, 0) is 59.3 Å². The molecule has 2 heterocycles. The summed E-state index contributed by atoms with van der Waals surface area (Å²) in [4.78, 5) is 13.6. The molecule has 1 N–H and O–H groups in total. The first-order valence-corrected chi connectivity index (χ1v) is 11.3. The summed E-state index contributed by atoms with van der Waals surface area (Å²) in [5, 5.41) is 16.6. The molecule has 8 nitrogen and oxygen atoms in total. The van der Waals surface area contributed by atoms with Crippen molar-refractivity contribution >= 4 is 43.8 Å². The zero-order chi connectivity index (χ0) is 22.0. The van der Waals surface area contributed by atoms with Crippen molar-refractivity contribution in [1.82, 2.24) is 19.8 Å². The number of methoxy groups -OCH3 is 1. The minimum absolute atomic E-state index is 0.259. The number of carbonyl (C=O) groups is 1. The first-order chi connectivity index (χ1) is 15.0. The Bertz CT molecular complexity index is 1250. The minimum atomic E-state index is -0.259. The highest BCUT2D eigenvalue weighted by atomic mass is 79.9. The third-order valence-corrected chi connectivity index (χ3v) is 6.13. The molecule has 0 bridgehead atoms. The molecular formula is C21H20BrN5O3S. The van der Waals surface area contributed by atoms with Crippen LogP contribution >= 0.6 is 27.3 Å². The van der Waals surface area contributed by atoms with Gasteiger partial charge in [0.25, 0.3) is 5.91 Å². The number of hydrogen-bond donors (Lipinski definition) is 1. The van der Waals surface area contributed by atoms with E-state index >= 15 is 0 Å². The molecule has 2 aromatic carbocycles. The smallest absolute Gasteiger partial charge is 0.255 e. The molecule has 31 heavy (non-hydrogen) atoms. The third kappa shape index (κ3) is 4.26. The van der Waals surface area contributed by atoms with Crippen LogP contribution in [0.3, 0.4) is 0 Å². The zero-order valence-corrected chi connectivity index (χ0v) is 19.6. The van der Waals surface area contributed by atoms with Crippen LogP contribution in [0.25, 0.3) is 15.5 Å². The van der Waals surface area contributed by atoms with Gasteiger partial charge in [-0.25, -0.2) is 0 Å². The molecule has 0 aliphatic rings. The maximum atomic E-state index is 12.9. The monoisotopic (exact) mass is 501 g/mol. The Morgan fingerprint density at radius 2 is 1.97 bits per heavy atom. The summed E-state index contributed by atoms with van der Waals surface area (Å²) in [6.07, 6.45) is 0.742. The van der Waals surface area contributed by atoms with Gasteiger partial charge in [-0.1, -0.05) is 18.3 Å². The molecule has 0 saturated carbocycles. The number of aryl methyl sites for hydroxylation is 1. The van der Waals surface area contributed by atoms with Crippen molar-refractivity contribution in [2.24, 2.45) is 0 Å². The molecule has 4 rings (SSSR count). The van der Waals surface area contributed by atoms with Crippen LogP contribution in [0.15, 0.2) is 40.9 Å². The molecule has 4 aromatic rings. The largest absolute Gasteiger partial charge is 0.495 e. The molecule has 2 aromatic heterocycles. The molecule has 10 heteroatoms. The van der Waals surface area contributed by atoms with Gasteiger partial charge in [0.1, 0.15) is 16.5 Å². The van der Waals surface area contributed by atoms with Crippen LogP contribution in [0, 0.1) is 0 Å². The van der Waals surface area contributed by atoms with Crippen LogP contribution in [0.4, 0.5) is 5.69 Å². The number of nitrogens with zero attached hydrogens (tertiary/aromatic N) is 4. The number of halogens is 1. The first-order valence-electron chi connectivity index (χ1n) is 9.67. The van der Waals surface area contributed by atoms with E-state index in [0.717, 1.165) is 27.8 Å². The van der Waals surface area contributed by atoms with E-state index in [-0.39, 0.29) is 5.91 Å². The summed E-state index contributed by atoms with van der Waals surface area (Å²) in [6.45, 7) is 4.47. The maximum absolute atomic E-state index is 12.9. The van der Waals surface area contributed by atoms with Crippen LogP contribution < -0.4 is 14.8 Å². The van der Waals surface area contributed by atoms with Gasteiger partial charge in [-0.15, -0.1) is 10.2 Å². The van der Waals surface area contributed by atoms with Crippen LogP contribution in [-0.4, -0.2) is 39.4 Å². The van der Waals surface area contributed by atoms with Crippen molar-refractivity contribution in [2.45, 2.75) is 20.3 Å². The lowest BCUT2D eigenvalue weighted by molar-refractivity contribution is 0.102. The number of rotatable bonds is 7. The predicted molar refractivity (Wildman–Crippen MR) is 123 cm³/mol. The molecule has 1 amide bonds. The molecule has 0 saturated heterocycles. The van der Waals surface area contributed by atoms with Crippen molar-refractivity contribution in [1.29, 1.82) is 0 Å². The number of anilines is 1. The minimum Gasteiger partial charge on any atom is -0.495 e. The van der Waals surface area contributed by atoms with E-state index in [1.54, 1.807) is 29.8 Å². The van der Waals surface area contributed by atoms with E-state index in [2.05, 4.69) is 36.5 Å². The second-order valence-corrected chi connectivity index (χ2v) is 8.33. The normalized spacial score (nSPS) is 11.0. The number of aromatic nitrogens is 4. The Labute approximate surface area is 191 Å². The molecule has 0 radical (unpaired) electrons. The van der Waals surface area contributed by atoms with Gasteiger partial charge in [0, 0.05) is 17.5 Å².